The molecule has 0 bridgehead atoms. The fraction of sp³-hybridized carbons (Fsp3) is 0.240. The number of anilines is 1. The molecule has 0 radical (unpaired) electrons. The van der Waals surface area contributed by atoms with Gasteiger partial charge >= 0.3 is 0 Å². The Kier molecular flexibility index (Phi) is 6.17. The van der Waals surface area contributed by atoms with Crippen LogP contribution in [0.15, 0.2) is 60.9 Å². The van der Waals surface area contributed by atoms with Crippen LogP contribution in [0.4, 0.5) is 5.69 Å². The number of rotatable bonds is 6. The molecule has 2 atom stereocenters. The van der Waals surface area contributed by atoms with Crippen LogP contribution in [0.3, 0.4) is 0 Å². The van der Waals surface area contributed by atoms with Gasteiger partial charge in [0, 0.05) is 25.0 Å². The maximum atomic E-state index is 13.8. The number of methoxy groups -OCH3 is 3. The van der Waals surface area contributed by atoms with Gasteiger partial charge in [0.25, 0.3) is 5.91 Å². The Balaban J connectivity index is 1.88. The molecule has 8 heteroatoms. The molecule has 0 saturated carbocycles. The smallest absolute Gasteiger partial charge is 0.254 e. The first-order valence-corrected chi connectivity index (χ1v) is 10.4. The predicted molar refractivity (Wildman–Crippen MR) is 123 cm³/mol. The second-order valence-corrected chi connectivity index (χ2v) is 7.61. The Bertz CT molecular complexity index is 1180. The van der Waals surface area contributed by atoms with Crippen molar-refractivity contribution in [2.45, 2.75) is 12.0 Å². The Morgan fingerprint density at radius 2 is 1.67 bits per heavy atom. The first-order chi connectivity index (χ1) is 16.0. The summed E-state index contributed by atoms with van der Waals surface area (Å²) in [6.07, 6.45) is 3.32. The number of hydrogen-bond donors (Lipinski definition) is 1. The quantitative estimate of drug-likeness (QED) is 0.620. The van der Waals surface area contributed by atoms with E-state index in [0.29, 0.717) is 34.1 Å². The lowest BCUT2D eigenvalue weighted by molar-refractivity contribution is -0.119. The van der Waals surface area contributed by atoms with E-state index in [9.17, 15) is 9.59 Å². The molecule has 3 aromatic rings. The summed E-state index contributed by atoms with van der Waals surface area (Å²) in [5.74, 6) is 0.144. The molecule has 4 rings (SSSR count). The van der Waals surface area contributed by atoms with Crippen LogP contribution in [-0.2, 0) is 4.79 Å². The fourth-order valence-corrected chi connectivity index (χ4v) is 4.26. The summed E-state index contributed by atoms with van der Waals surface area (Å²) in [6, 6.07) is 13.6. The second kappa shape index (κ2) is 9.20. The van der Waals surface area contributed by atoms with Gasteiger partial charge in [-0.1, -0.05) is 18.2 Å². The Morgan fingerprint density at radius 3 is 2.33 bits per heavy atom. The lowest BCUT2D eigenvalue weighted by Crippen LogP contribution is -2.44. The highest BCUT2D eigenvalue weighted by Gasteiger charge is 2.43. The number of pyridine rings is 1. The van der Waals surface area contributed by atoms with Crippen molar-refractivity contribution in [1.82, 2.24) is 9.88 Å². The maximum absolute atomic E-state index is 13.8. The largest absolute Gasteiger partial charge is 0.495 e. The number of carbonyl (C=O) groups excluding carboxylic acids is 2. The third kappa shape index (κ3) is 3.95. The molecule has 8 nitrogen and oxygen atoms in total. The van der Waals surface area contributed by atoms with Crippen molar-refractivity contribution in [3.63, 3.8) is 0 Å². The molecule has 170 valence electrons. The van der Waals surface area contributed by atoms with Gasteiger partial charge in [-0.3, -0.25) is 14.6 Å². The third-order valence-electron chi connectivity index (χ3n) is 5.85. The van der Waals surface area contributed by atoms with E-state index >= 15 is 0 Å². The predicted octanol–water partition coefficient (Wildman–Crippen LogP) is 3.66. The van der Waals surface area contributed by atoms with Crippen LogP contribution in [0.2, 0.25) is 0 Å². The van der Waals surface area contributed by atoms with Gasteiger partial charge < -0.3 is 24.4 Å². The molecule has 0 spiro atoms. The van der Waals surface area contributed by atoms with Crippen LogP contribution in [0.25, 0.3) is 0 Å². The number of carbonyl (C=O) groups is 2. The summed E-state index contributed by atoms with van der Waals surface area (Å²) in [5, 5.41) is 2.98. The van der Waals surface area contributed by atoms with Gasteiger partial charge in [0.15, 0.2) is 11.5 Å². The van der Waals surface area contributed by atoms with E-state index < -0.39 is 12.0 Å². The van der Waals surface area contributed by atoms with E-state index in [-0.39, 0.29) is 11.8 Å². The van der Waals surface area contributed by atoms with Gasteiger partial charge in [-0.25, -0.2) is 0 Å². The lowest BCUT2D eigenvalue weighted by atomic mass is 9.79. The van der Waals surface area contributed by atoms with Gasteiger partial charge in [0.05, 0.1) is 39.0 Å². The van der Waals surface area contributed by atoms with Crippen molar-refractivity contribution >= 4 is 17.5 Å². The molecular weight excluding hydrogens is 422 g/mol. The van der Waals surface area contributed by atoms with E-state index in [0.717, 1.165) is 5.56 Å². The Morgan fingerprint density at radius 1 is 0.970 bits per heavy atom. The van der Waals surface area contributed by atoms with E-state index in [1.54, 1.807) is 61.8 Å². The Labute approximate surface area is 192 Å². The first kappa shape index (κ1) is 22.1. The minimum Gasteiger partial charge on any atom is -0.495 e. The van der Waals surface area contributed by atoms with Gasteiger partial charge in [-0.15, -0.1) is 0 Å². The third-order valence-corrected chi connectivity index (χ3v) is 5.85. The minimum absolute atomic E-state index is 0.221. The number of aromatic nitrogens is 1. The summed E-state index contributed by atoms with van der Waals surface area (Å²) in [6.45, 7) is 0. The van der Waals surface area contributed by atoms with Crippen LogP contribution in [0, 0.1) is 0 Å². The van der Waals surface area contributed by atoms with Crippen LogP contribution in [0.1, 0.15) is 33.4 Å². The molecule has 0 saturated heterocycles. The lowest BCUT2D eigenvalue weighted by Gasteiger charge is -2.40. The summed E-state index contributed by atoms with van der Waals surface area (Å²) in [5.41, 5.74) is 2.22. The number of nitrogens with zero attached hydrogens (tertiary/aromatic N) is 2. The first-order valence-electron chi connectivity index (χ1n) is 10.4. The summed E-state index contributed by atoms with van der Waals surface area (Å²) < 4.78 is 16.3. The van der Waals surface area contributed by atoms with Gasteiger partial charge in [-0.2, -0.15) is 0 Å². The fourth-order valence-electron chi connectivity index (χ4n) is 4.26. The van der Waals surface area contributed by atoms with Crippen molar-refractivity contribution in [1.29, 1.82) is 0 Å². The van der Waals surface area contributed by atoms with E-state index in [1.807, 2.05) is 18.2 Å². The molecule has 1 N–H and O–H groups in total. The molecule has 1 aliphatic heterocycles. The molecule has 0 aliphatic carbocycles. The summed E-state index contributed by atoms with van der Waals surface area (Å²) in [4.78, 5) is 32.9. The number of para-hydroxylation sites is 2. The van der Waals surface area contributed by atoms with E-state index in [4.69, 9.17) is 14.2 Å². The summed E-state index contributed by atoms with van der Waals surface area (Å²) in [7, 11) is 6.25. The zero-order valence-corrected chi connectivity index (χ0v) is 18.9. The average Bonchev–Trinajstić information content (AvgIpc) is 2.85. The number of nitrogens with one attached hydrogen (secondary N) is 1. The highest BCUT2D eigenvalue weighted by molar-refractivity contribution is 6.05. The topological polar surface area (TPSA) is 90.0 Å². The van der Waals surface area contributed by atoms with Crippen LogP contribution >= 0.6 is 0 Å². The average molecular weight is 447 g/mol. The maximum Gasteiger partial charge on any atom is 0.254 e. The molecule has 33 heavy (non-hydrogen) atoms. The standard InChI is InChI=1S/C25H25N3O5/c1-28-23(15-8-7-11-26-14-15)22(24(29)27-18-9-5-6-10-19(18)31-2)16-12-20(32-3)21(33-4)13-17(16)25(28)30/h5-14,22-23H,1-4H3,(H,27,29)/t22-,23-/m1/s1. The molecule has 1 aromatic heterocycles. The Hall–Kier alpha value is -4.07. The molecule has 0 unspecified atom stereocenters. The van der Waals surface area contributed by atoms with Crippen molar-refractivity contribution in [2.75, 3.05) is 33.7 Å². The van der Waals surface area contributed by atoms with Crippen molar-refractivity contribution in [2.24, 2.45) is 0 Å². The minimum atomic E-state index is -0.739. The summed E-state index contributed by atoms with van der Waals surface area (Å²) >= 11 is 0. The van der Waals surface area contributed by atoms with Crippen molar-refractivity contribution in [3.05, 3.63) is 77.6 Å². The number of amides is 2. The van der Waals surface area contributed by atoms with Crippen LogP contribution in [0.5, 0.6) is 17.2 Å². The highest BCUT2D eigenvalue weighted by Crippen LogP contribution is 2.46. The monoisotopic (exact) mass is 447 g/mol. The second-order valence-electron chi connectivity index (χ2n) is 7.61. The number of fused-ring (bicyclic) bond motifs is 1. The van der Waals surface area contributed by atoms with Crippen LogP contribution < -0.4 is 19.5 Å². The normalized spacial score (nSPS) is 17.2. The number of hydrogen-bond acceptors (Lipinski definition) is 6. The number of benzene rings is 2. The molecule has 2 aromatic carbocycles. The molecule has 0 fully saturated rings. The van der Waals surface area contributed by atoms with Crippen molar-refractivity contribution < 1.29 is 23.8 Å². The zero-order chi connectivity index (χ0) is 23.5. The molecule has 2 heterocycles. The van der Waals surface area contributed by atoms with Gasteiger partial charge in [-0.05, 0) is 41.5 Å². The van der Waals surface area contributed by atoms with E-state index in [1.165, 1.54) is 14.2 Å². The highest BCUT2D eigenvalue weighted by atomic mass is 16.5. The number of ether oxygens (including phenoxy) is 3. The zero-order valence-electron chi connectivity index (χ0n) is 18.9. The molecule has 1 aliphatic rings. The van der Waals surface area contributed by atoms with Gasteiger partial charge in [0.2, 0.25) is 5.91 Å². The number of likely N-dealkylation sites (N-methyl/N-ethyl adjacent to an activating group) is 1. The molecule has 2 amide bonds. The van der Waals surface area contributed by atoms with Gasteiger partial charge in [0.1, 0.15) is 5.75 Å². The molecular formula is C25H25N3O5. The van der Waals surface area contributed by atoms with Crippen LogP contribution in [-0.4, -0.2) is 50.1 Å². The van der Waals surface area contributed by atoms with Crippen molar-refractivity contribution in [3.8, 4) is 17.2 Å². The van der Waals surface area contributed by atoms with E-state index in [2.05, 4.69) is 10.3 Å². The SMILES string of the molecule is COc1ccccc1NC(=O)[C@@H]1c2cc(OC)c(OC)cc2C(=O)N(C)[C@@H]1c1cccnc1.